The van der Waals surface area contributed by atoms with Gasteiger partial charge in [0.05, 0.1) is 13.0 Å². The molecule has 0 spiro atoms. The van der Waals surface area contributed by atoms with Crippen LogP contribution in [0.5, 0.6) is 0 Å². The maximum Gasteiger partial charge on any atom is 0.434 e. The van der Waals surface area contributed by atoms with Gasteiger partial charge in [0.2, 0.25) is 0 Å². The van der Waals surface area contributed by atoms with Crippen LogP contribution in [0.2, 0.25) is 0 Å². The summed E-state index contributed by atoms with van der Waals surface area (Å²) in [6.07, 6.45) is -4.67. The van der Waals surface area contributed by atoms with Crippen molar-refractivity contribution in [2.24, 2.45) is 0 Å². The smallest absolute Gasteiger partial charge is 0.434 e. The number of esters is 1. The molecule has 0 atom stereocenters. The largest absolute Gasteiger partial charge is 0.466 e. The third-order valence-electron chi connectivity index (χ3n) is 1.44. The summed E-state index contributed by atoms with van der Waals surface area (Å²) < 4.78 is 40.9. The molecule has 84 valence electrons. The highest BCUT2D eigenvalue weighted by molar-refractivity contribution is 7.09. The summed E-state index contributed by atoms with van der Waals surface area (Å²) >= 11 is 0.799. The first kappa shape index (κ1) is 12.0. The summed E-state index contributed by atoms with van der Waals surface area (Å²) in [5, 5.41) is 0.995. The second-order valence-corrected chi connectivity index (χ2v) is 3.55. The van der Waals surface area contributed by atoms with Crippen LogP contribution in [0.4, 0.5) is 13.2 Å². The van der Waals surface area contributed by atoms with Gasteiger partial charge in [-0.05, 0) is 6.92 Å². The maximum absolute atomic E-state index is 12.1. The Kier molecular flexibility index (Phi) is 3.67. The second kappa shape index (κ2) is 4.61. The van der Waals surface area contributed by atoms with Crippen molar-refractivity contribution in [1.29, 1.82) is 0 Å². The molecule has 0 saturated heterocycles. The molecule has 0 aliphatic rings. The van der Waals surface area contributed by atoms with E-state index in [1.165, 1.54) is 0 Å². The molecule has 0 N–H and O–H groups in total. The fraction of sp³-hybridized carbons (Fsp3) is 0.500. The predicted octanol–water partition coefficient (Wildman–Crippen LogP) is 2.27. The summed E-state index contributed by atoms with van der Waals surface area (Å²) in [5.74, 6) is -0.569. The van der Waals surface area contributed by atoms with Crippen LogP contribution in [0.25, 0.3) is 0 Å². The molecule has 7 heteroatoms. The van der Waals surface area contributed by atoms with E-state index in [1.54, 1.807) is 6.92 Å². The lowest BCUT2D eigenvalue weighted by molar-refractivity contribution is -0.143. The zero-order valence-electron chi connectivity index (χ0n) is 7.80. The molecule has 0 aromatic carbocycles. The molecule has 15 heavy (non-hydrogen) atoms. The van der Waals surface area contributed by atoms with Gasteiger partial charge in [-0.2, -0.15) is 13.2 Å². The number of hydrogen-bond acceptors (Lipinski definition) is 4. The lowest BCUT2D eigenvalue weighted by atomic mass is 10.4. The summed E-state index contributed by atoms with van der Waals surface area (Å²) in [5.41, 5.74) is -0.966. The molecule has 0 radical (unpaired) electrons. The molecule has 0 aliphatic carbocycles. The lowest BCUT2D eigenvalue weighted by Crippen LogP contribution is -2.09. The average Bonchev–Trinajstić information content (AvgIpc) is 2.52. The quantitative estimate of drug-likeness (QED) is 0.759. The minimum Gasteiger partial charge on any atom is -0.466 e. The van der Waals surface area contributed by atoms with Crippen molar-refractivity contribution in [3.63, 3.8) is 0 Å². The van der Waals surface area contributed by atoms with Crippen LogP contribution >= 0.6 is 11.3 Å². The van der Waals surface area contributed by atoms with Crippen molar-refractivity contribution in [3.8, 4) is 0 Å². The van der Waals surface area contributed by atoms with Gasteiger partial charge in [0.25, 0.3) is 0 Å². The van der Waals surface area contributed by atoms with Gasteiger partial charge < -0.3 is 4.74 Å². The zero-order chi connectivity index (χ0) is 11.5. The van der Waals surface area contributed by atoms with E-state index in [2.05, 4.69) is 9.72 Å². The van der Waals surface area contributed by atoms with Crippen LogP contribution < -0.4 is 0 Å². The number of ether oxygens (including phenoxy) is 1. The molecule has 0 amide bonds. The number of alkyl halides is 3. The third kappa shape index (κ3) is 3.50. The van der Waals surface area contributed by atoms with Gasteiger partial charge in [-0.3, -0.25) is 4.79 Å². The van der Waals surface area contributed by atoms with Crippen molar-refractivity contribution in [2.45, 2.75) is 19.5 Å². The Labute approximate surface area is 87.9 Å². The summed E-state index contributed by atoms with van der Waals surface area (Å²) in [4.78, 5) is 14.2. The number of nitrogens with zero attached hydrogens (tertiary/aromatic N) is 1. The topological polar surface area (TPSA) is 39.2 Å². The Morgan fingerprint density at radius 3 is 2.73 bits per heavy atom. The first-order chi connectivity index (χ1) is 6.93. The van der Waals surface area contributed by atoms with Gasteiger partial charge in [-0.15, -0.1) is 11.3 Å². The van der Waals surface area contributed by atoms with E-state index < -0.39 is 17.8 Å². The summed E-state index contributed by atoms with van der Waals surface area (Å²) in [6, 6.07) is 0. The van der Waals surface area contributed by atoms with Gasteiger partial charge in [0.1, 0.15) is 5.01 Å². The van der Waals surface area contributed by atoms with E-state index in [0.29, 0.717) is 0 Å². The third-order valence-corrected chi connectivity index (χ3v) is 2.29. The van der Waals surface area contributed by atoms with E-state index in [9.17, 15) is 18.0 Å². The Bertz CT molecular complexity index is 348. The first-order valence-corrected chi connectivity index (χ1v) is 4.98. The number of carbonyl (C=O) groups is 1. The minimum atomic E-state index is -4.45. The van der Waals surface area contributed by atoms with E-state index >= 15 is 0 Å². The highest BCUT2D eigenvalue weighted by atomic mass is 32.1. The molecule has 0 saturated carbocycles. The fourth-order valence-corrected chi connectivity index (χ4v) is 1.64. The van der Waals surface area contributed by atoms with Crippen molar-refractivity contribution >= 4 is 17.3 Å². The maximum atomic E-state index is 12.1. The summed E-state index contributed by atoms with van der Waals surface area (Å²) in [7, 11) is 0. The van der Waals surface area contributed by atoms with Crippen LogP contribution in [0.15, 0.2) is 5.38 Å². The summed E-state index contributed by atoms with van der Waals surface area (Å²) in [6.45, 7) is 1.83. The number of rotatable bonds is 3. The van der Waals surface area contributed by atoms with Crippen molar-refractivity contribution in [3.05, 3.63) is 16.1 Å². The standard InChI is InChI=1S/C8H8F3NO2S/c1-2-14-7(13)3-6-12-5(4-15-6)8(9,10)11/h4H,2-3H2,1H3. The number of carbonyl (C=O) groups excluding carboxylic acids is 1. The van der Waals surface area contributed by atoms with Crippen LogP contribution in [-0.2, 0) is 22.1 Å². The number of halogens is 3. The average molecular weight is 239 g/mol. The highest BCUT2D eigenvalue weighted by Gasteiger charge is 2.33. The van der Waals surface area contributed by atoms with Gasteiger partial charge in [0.15, 0.2) is 5.69 Å². The number of thiazole rings is 1. The van der Waals surface area contributed by atoms with E-state index in [1.807, 2.05) is 0 Å². The molecule has 3 nitrogen and oxygen atoms in total. The predicted molar refractivity (Wildman–Crippen MR) is 47.5 cm³/mol. The molecule has 1 rings (SSSR count). The Balaban J connectivity index is 2.65. The second-order valence-electron chi connectivity index (χ2n) is 2.61. The van der Waals surface area contributed by atoms with Gasteiger partial charge in [-0.1, -0.05) is 0 Å². The Hall–Kier alpha value is -1.11. The Morgan fingerprint density at radius 1 is 1.60 bits per heavy atom. The monoisotopic (exact) mass is 239 g/mol. The molecule has 0 unspecified atom stereocenters. The normalized spacial score (nSPS) is 11.5. The molecule has 0 aliphatic heterocycles. The molecule has 1 aromatic rings. The SMILES string of the molecule is CCOC(=O)Cc1nc(C(F)(F)F)cs1. The fourth-order valence-electron chi connectivity index (χ4n) is 0.858. The van der Waals surface area contributed by atoms with Crippen LogP contribution in [-0.4, -0.2) is 17.6 Å². The van der Waals surface area contributed by atoms with Crippen LogP contribution in [0.1, 0.15) is 17.6 Å². The molecule has 0 bridgehead atoms. The molecule has 0 fully saturated rings. The van der Waals surface area contributed by atoms with Crippen molar-refractivity contribution < 1.29 is 22.7 Å². The zero-order valence-corrected chi connectivity index (χ0v) is 8.61. The number of hydrogen-bond donors (Lipinski definition) is 0. The molecule has 1 aromatic heterocycles. The van der Waals surface area contributed by atoms with Crippen molar-refractivity contribution in [1.82, 2.24) is 4.98 Å². The van der Waals surface area contributed by atoms with Crippen molar-refractivity contribution in [2.75, 3.05) is 6.61 Å². The van der Waals surface area contributed by atoms with Crippen LogP contribution in [0, 0.1) is 0 Å². The van der Waals surface area contributed by atoms with E-state index in [4.69, 9.17) is 0 Å². The van der Waals surface area contributed by atoms with Gasteiger partial charge in [0, 0.05) is 5.38 Å². The van der Waals surface area contributed by atoms with Gasteiger partial charge >= 0.3 is 12.1 Å². The van der Waals surface area contributed by atoms with Crippen LogP contribution in [0.3, 0.4) is 0 Å². The minimum absolute atomic E-state index is 0.112. The molecular formula is C8H8F3NO2S. The lowest BCUT2D eigenvalue weighted by Gasteiger charge is -2.00. The Morgan fingerprint density at radius 2 is 2.27 bits per heavy atom. The van der Waals surface area contributed by atoms with E-state index in [-0.39, 0.29) is 18.0 Å². The molecule has 1 heterocycles. The highest BCUT2D eigenvalue weighted by Crippen LogP contribution is 2.30. The number of aromatic nitrogens is 1. The first-order valence-electron chi connectivity index (χ1n) is 4.10. The van der Waals surface area contributed by atoms with E-state index in [0.717, 1.165) is 16.7 Å². The van der Waals surface area contributed by atoms with Gasteiger partial charge in [-0.25, -0.2) is 4.98 Å². The molecular weight excluding hydrogens is 231 g/mol.